The number of likely N-dealkylation sites (tertiary alicyclic amines) is 1. The third-order valence-corrected chi connectivity index (χ3v) is 9.85. The van der Waals surface area contributed by atoms with Crippen molar-refractivity contribution in [3.63, 3.8) is 0 Å². The van der Waals surface area contributed by atoms with E-state index >= 15 is 0 Å². The first-order chi connectivity index (χ1) is 10.7. The van der Waals surface area contributed by atoms with Crippen molar-refractivity contribution in [2.24, 2.45) is 0 Å². The van der Waals surface area contributed by atoms with Crippen molar-refractivity contribution in [2.75, 3.05) is 6.54 Å². The van der Waals surface area contributed by atoms with Crippen LogP contribution in [0.4, 0.5) is 0 Å². The Morgan fingerprint density at radius 3 is 2.48 bits per heavy atom. The van der Waals surface area contributed by atoms with Gasteiger partial charge in [0.25, 0.3) is 0 Å². The lowest BCUT2D eigenvalue weighted by atomic mass is 10.1. The van der Waals surface area contributed by atoms with Gasteiger partial charge in [0.05, 0.1) is 18.6 Å². The van der Waals surface area contributed by atoms with E-state index in [1.54, 1.807) is 0 Å². The summed E-state index contributed by atoms with van der Waals surface area (Å²) in [6.45, 7) is 13.3. The summed E-state index contributed by atoms with van der Waals surface area (Å²) in [5.74, 6) is 0. The van der Waals surface area contributed by atoms with E-state index in [1.807, 2.05) is 6.07 Å². The Labute approximate surface area is 142 Å². The van der Waals surface area contributed by atoms with Gasteiger partial charge in [-0.1, -0.05) is 51.1 Å². The van der Waals surface area contributed by atoms with Gasteiger partial charge in [0.15, 0.2) is 8.32 Å². The lowest BCUT2D eigenvalue weighted by Crippen LogP contribution is -2.44. The van der Waals surface area contributed by atoms with Crippen molar-refractivity contribution < 1.29 is 4.43 Å². The Morgan fingerprint density at radius 2 is 1.91 bits per heavy atom. The van der Waals surface area contributed by atoms with Gasteiger partial charge < -0.3 is 4.43 Å². The number of nitrogens with zero attached hydrogens (tertiary/aromatic N) is 2. The summed E-state index contributed by atoms with van der Waals surface area (Å²) in [4.78, 5) is 2.43. The van der Waals surface area contributed by atoms with Gasteiger partial charge in [-0.3, -0.25) is 4.90 Å². The van der Waals surface area contributed by atoms with Gasteiger partial charge in [-0.25, -0.2) is 0 Å². The molecule has 0 N–H and O–H groups in total. The molecular weight excluding hydrogens is 300 g/mol. The van der Waals surface area contributed by atoms with Gasteiger partial charge in [-0.05, 0) is 30.1 Å². The second-order valence-electron chi connectivity index (χ2n) is 8.17. The van der Waals surface area contributed by atoms with Gasteiger partial charge in [0.1, 0.15) is 0 Å². The van der Waals surface area contributed by atoms with E-state index in [0.717, 1.165) is 19.5 Å². The molecular formula is C19H30N2OSi. The Bertz CT molecular complexity index is 545. The molecule has 0 aliphatic carbocycles. The molecule has 23 heavy (non-hydrogen) atoms. The Hall–Kier alpha value is -1.15. The van der Waals surface area contributed by atoms with Crippen molar-refractivity contribution in [1.29, 1.82) is 5.26 Å². The van der Waals surface area contributed by atoms with Gasteiger partial charge >= 0.3 is 0 Å². The van der Waals surface area contributed by atoms with Crippen LogP contribution in [0.1, 0.15) is 39.2 Å². The van der Waals surface area contributed by atoms with Crippen molar-refractivity contribution >= 4 is 8.32 Å². The number of hydrogen-bond donors (Lipinski definition) is 0. The predicted molar refractivity (Wildman–Crippen MR) is 97.6 cm³/mol. The number of benzene rings is 1. The minimum Gasteiger partial charge on any atom is -0.413 e. The molecule has 0 radical (unpaired) electrons. The van der Waals surface area contributed by atoms with Gasteiger partial charge in [-0.15, -0.1) is 0 Å². The maximum Gasteiger partial charge on any atom is 0.192 e. The number of rotatable bonds is 5. The van der Waals surface area contributed by atoms with Crippen LogP contribution in [0.3, 0.4) is 0 Å². The first-order valence-electron chi connectivity index (χ1n) is 8.55. The molecule has 0 spiro atoms. The molecule has 3 nitrogen and oxygen atoms in total. The molecule has 1 aromatic carbocycles. The fraction of sp³-hybridized carbons (Fsp3) is 0.632. The van der Waals surface area contributed by atoms with E-state index in [1.165, 1.54) is 5.56 Å². The lowest BCUT2D eigenvalue weighted by molar-refractivity contribution is 0.177. The van der Waals surface area contributed by atoms with Crippen molar-refractivity contribution in [1.82, 2.24) is 4.90 Å². The minimum atomic E-state index is -1.75. The maximum absolute atomic E-state index is 9.15. The zero-order valence-corrected chi connectivity index (χ0v) is 16.2. The zero-order chi connectivity index (χ0) is 17.1. The molecule has 1 aromatic rings. The van der Waals surface area contributed by atoms with E-state index in [9.17, 15) is 0 Å². The van der Waals surface area contributed by atoms with Crippen LogP contribution in [0.25, 0.3) is 0 Å². The molecule has 0 bridgehead atoms. The fourth-order valence-corrected chi connectivity index (χ4v) is 4.30. The normalized spacial score (nSPS) is 23.0. The first-order valence-corrected chi connectivity index (χ1v) is 11.5. The van der Waals surface area contributed by atoms with Gasteiger partial charge in [0.2, 0.25) is 0 Å². The predicted octanol–water partition coefficient (Wildman–Crippen LogP) is 4.56. The van der Waals surface area contributed by atoms with Crippen LogP contribution < -0.4 is 0 Å². The smallest absolute Gasteiger partial charge is 0.192 e. The summed E-state index contributed by atoms with van der Waals surface area (Å²) in [5, 5.41) is 9.38. The average Bonchev–Trinajstić information content (AvgIpc) is 2.80. The monoisotopic (exact) mass is 330 g/mol. The summed E-state index contributed by atoms with van der Waals surface area (Å²) < 4.78 is 6.60. The zero-order valence-electron chi connectivity index (χ0n) is 15.2. The molecule has 2 rings (SSSR count). The summed E-state index contributed by atoms with van der Waals surface area (Å²) in [6.07, 6.45) is 1.83. The van der Waals surface area contributed by atoms with Crippen LogP contribution in [0.15, 0.2) is 30.3 Å². The van der Waals surface area contributed by atoms with Crippen molar-refractivity contribution in [2.45, 2.75) is 70.4 Å². The average molecular weight is 331 g/mol. The first kappa shape index (κ1) is 18.2. The van der Waals surface area contributed by atoms with Crippen LogP contribution in [-0.2, 0) is 11.0 Å². The van der Waals surface area contributed by atoms with Crippen LogP contribution in [0.5, 0.6) is 0 Å². The van der Waals surface area contributed by atoms with Gasteiger partial charge in [0, 0.05) is 19.1 Å². The lowest BCUT2D eigenvalue weighted by Gasteiger charge is -2.38. The molecule has 0 amide bonds. The molecule has 0 unspecified atom stereocenters. The third-order valence-electron chi connectivity index (χ3n) is 5.31. The minimum absolute atomic E-state index is 0.227. The van der Waals surface area contributed by atoms with Crippen LogP contribution >= 0.6 is 0 Å². The van der Waals surface area contributed by atoms with E-state index in [-0.39, 0.29) is 11.1 Å². The second-order valence-corrected chi connectivity index (χ2v) is 12.9. The molecule has 1 aliphatic rings. The Balaban J connectivity index is 2.05. The molecule has 1 aliphatic heterocycles. The van der Waals surface area contributed by atoms with E-state index in [4.69, 9.17) is 9.69 Å². The molecule has 4 heteroatoms. The van der Waals surface area contributed by atoms with Crippen LogP contribution in [0, 0.1) is 11.3 Å². The Morgan fingerprint density at radius 1 is 1.26 bits per heavy atom. The van der Waals surface area contributed by atoms with E-state index in [0.29, 0.717) is 12.5 Å². The highest BCUT2D eigenvalue weighted by Crippen LogP contribution is 2.39. The van der Waals surface area contributed by atoms with Crippen molar-refractivity contribution in [3.05, 3.63) is 35.9 Å². The largest absolute Gasteiger partial charge is 0.413 e. The summed E-state index contributed by atoms with van der Waals surface area (Å²) in [7, 11) is -1.75. The molecule has 126 valence electrons. The van der Waals surface area contributed by atoms with E-state index in [2.05, 4.69) is 69.1 Å². The molecule has 1 saturated heterocycles. The number of hydrogen-bond acceptors (Lipinski definition) is 3. The molecule has 0 saturated carbocycles. The standard InChI is InChI=1S/C19H30N2OSi/c1-19(2,3)23(4,5)22-18-13-17(11-12-20)21(15-18)14-16-9-7-6-8-10-16/h6-10,17-18H,11,13-15H2,1-5H3/t17-,18+/m0/s1. The summed E-state index contributed by atoms with van der Waals surface area (Å²) >= 11 is 0. The highest BCUT2D eigenvalue weighted by Gasteiger charge is 2.42. The molecule has 2 atom stereocenters. The van der Waals surface area contributed by atoms with E-state index < -0.39 is 8.32 Å². The maximum atomic E-state index is 9.15. The van der Waals surface area contributed by atoms with Crippen molar-refractivity contribution in [3.8, 4) is 6.07 Å². The van der Waals surface area contributed by atoms with Crippen LogP contribution in [0.2, 0.25) is 18.1 Å². The Kier molecular flexibility index (Phi) is 5.67. The molecule has 0 aromatic heterocycles. The quantitative estimate of drug-likeness (QED) is 0.742. The highest BCUT2D eigenvalue weighted by atomic mass is 28.4. The summed E-state index contributed by atoms with van der Waals surface area (Å²) in [6, 6.07) is 13.2. The topological polar surface area (TPSA) is 36.3 Å². The van der Waals surface area contributed by atoms with Gasteiger partial charge in [-0.2, -0.15) is 5.26 Å². The summed E-state index contributed by atoms with van der Waals surface area (Å²) in [5.41, 5.74) is 1.31. The third kappa shape index (κ3) is 4.66. The molecule has 1 heterocycles. The number of nitriles is 1. The molecule has 1 fully saturated rings. The highest BCUT2D eigenvalue weighted by molar-refractivity contribution is 6.74. The SMILES string of the molecule is CC(C)(C)[Si](C)(C)O[C@@H]1C[C@H](CC#N)N(Cc2ccccc2)C1. The fourth-order valence-electron chi connectivity index (χ4n) is 2.95. The van der Waals surface area contributed by atoms with Crippen LogP contribution in [-0.4, -0.2) is 31.9 Å². The second kappa shape index (κ2) is 7.17.